The Morgan fingerprint density at radius 3 is 2.47 bits per heavy atom. The van der Waals surface area contributed by atoms with Crippen LogP contribution in [-0.2, 0) is 12.8 Å². The van der Waals surface area contributed by atoms with E-state index in [9.17, 15) is 0 Å². The normalized spacial score (nSPS) is 9.00. The summed E-state index contributed by atoms with van der Waals surface area (Å²) in [5.74, 6) is 0. The van der Waals surface area contributed by atoms with Crippen molar-refractivity contribution < 1.29 is 31.1 Å². The van der Waals surface area contributed by atoms with Crippen LogP contribution in [0.4, 0.5) is 0 Å². The Morgan fingerprint density at radius 1 is 1.27 bits per heavy atom. The van der Waals surface area contributed by atoms with Crippen molar-refractivity contribution >= 4 is 11.6 Å². The number of aryl methyl sites for hydroxylation is 1. The maximum absolute atomic E-state index is 5.93. The molecule has 1 rings (SSSR count). The number of benzene rings is 1. The Balaban J connectivity index is 0. The Morgan fingerprint density at radius 2 is 1.93 bits per heavy atom. The molecule has 0 saturated heterocycles. The third kappa shape index (κ3) is 6.00. The number of rotatable bonds is 4. The molecule has 0 aliphatic rings. The van der Waals surface area contributed by atoms with E-state index in [2.05, 4.69) is 26.0 Å². The summed E-state index contributed by atoms with van der Waals surface area (Å²) < 4.78 is 0. The van der Waals surface area contributed by atoms with Crippen LogP contribution in [0.3, 0.4) is 0 Å². The fraction of sp³-hybridized carbons (Fsp3) is 0.385. The van der Waals surface area contributed by atoms with E-state index in [1.807, 2.05) is 6.07 Å². The first kappa shape index (κ1) is 17.9. The van der Waals surface area contributed by atoms with Crippen LogP contribution in [0.15, 0.2) is 18.2 Å². The van der Waals surface area contributed by atoms with Crippen LogP contribution in [0.1, 0.15) is 30.9 Å². The zero-order valence-corrected chi connectivity index (χ0v) is 14.6. The van der Waals surface area contributed by atoms with E-state index in [1.165, 1.54) is 24.0 Å². The molecular formula is C13H19ClU. The smallest absolute Gasteiger partial charge is 0.358 e. The fourth-order valence-corrected chi connectivity index (χ4v) is 1.63. The maximum atomic E-state index is 5.93. The molecule has 0 bridgehead atoms. The average Bonchev–Trinajstić information content (AvgIpc) is 2.15. The van der Waals surface area contributed by atoms with E-state index in [4.69, 9.17) is 11.6 Å². The second kappa shape index (κ2) is 9.76. The predicted molar refractivity (Wildman–Crippen MR) is 65.5 cm³/mol. The summed E-state index contributed by atoms with van der Waals surface area (Å²) in [6, 6.07) is 6.09. The molecule has 0 aromatic heterocycles. The molecule has 0 atom stereocenters. The second-order valence-electron chi connectivity index (χ2n) is 3.27. The molecular weight excluding hydrogens is 430 g/mol. The van der Waals surface area contributed by atoms with Crippen LogP contribution in [0, 0.1) is 45.5 Å². The maximum Gasteiger partial charge on any atom is 2.00 e. The van der Waals surface area contributed by atoms with Crippen molar-refractivity contribution in [3.8, 4) is 0 Å². The molecule has 0 saturated carbocycles. The number of halogens is 1. The van der Waals surface area contributed by atoms with E-state index in [0.29, 0.717) is 0 Å². The monoisotopic (exact) mass is 448 g/mol. The molecule has 0 heterocycles. The molecule has 1 aromatic carbocycles. The van der Waals surface area contributed by atoms with Crippen molar-refractivity contribution in [3.05, 3.63) is 48.7 Å². The van der Waals surface area contributed by atoms with E-state index in [0.717, 1.165) is 17.9 Å². The van der Waals surface area contributed by atoms with Gasteiger partial charge in [-0.1, -0.05) is 36.6 Å². The van der Waals surface area contributed by atoms with Crippen molar-refractivity contribution in [1.29, 1.82) is 0 Å². The molecule has 0 fully saturated rings. The van der Waals surface area contributed by atoms with Crippen molar-refractivity contribution in [2.45, 2.75) is 32.6 Å². The van der Waals surface area contributed by atoms with Gasteiger partial charge in [-0.25, -0.2) is 0 Å². The SMILES string of the molecule is [CH2-]Cc1ccc(Cl)cc1CCCC.[CH3-].[U+2]. The largest absolute Gasteiger partial charge is 2.00 e. The Bertz CT molecular complexity index is 271. The number of hydrogen-bond donors (Lipinski definition) is 0. The van der Waals surface area contributed by atoms with Gasteiger partial charge >= 0.3 is 31.1 Å². The molecule has 15 heavy (non-hydrogen) atoms. The first-order valence-electron chi connectivity index (χ1n) is 4.84. The van der Waals surface area contributed by atoms with Crippen LogP contribution in [0.2, 0.25) is 5.02 Å². The molecule has 0 N–H and O–H groups in total. The van der Waals surface area contributed by atoms with Crippen molar-refractivity contribution in [2.75, 3.05) is 0 Å². The van der Waals surface area contributed by atoms with Gasteiger partial charge < -0.3 is 14.4 Å². The summed E-state index contributed by atoms with van der Waals surface area (Å²) in [4.78, 5) is 0. The molecule has 0 aliphatic heterocycles. The summed E-state index contributed by atoms with van der Waals surface area (Å²) in [5, 5.41) is 0.836. The minimum atomic E-state index is 0. The molecule has 2 heteroatoms. The Hall–Kier alpha value is 0.562. The molecule has 0 amide bonds. The van der Waals surface area contributed by atoms with Gasteiger partial charge in [-0.15, -0.1) is 0 Å². The van der Waals surface area contributed by atoms with Crippen LogP contribution in [0.25, 0.3) is 0 Å². The average molecular weight is 449 g/mol. The summed E-state index contributed by atoms with van der Waals surface area (Å²) in [5.41, 5.74) is 2.70. The number of hydrogen-bond acceptors (Lipinski definition) is 0. The first-order valence-corrected chi connectivity index (χ1v) is 5.22. The zero-order chi connectivity index (χ0) is 9.68. The van der Waals surface area contributed by atoms with Gasteiger partial charge in [0.2, 0.25) is 0 Å². The third-order valence-corrected chi connectivity index (χ3v) is 2.47. The standard InChI is InChI=1S/C12H16Cl.CH3.U/c1-3-5-6-11-9-12(13)8-7-10(11)4-2;;/h7-9H,2-6H2,1H3;1H3;/q2*-1;+2. The summed E-state index contributed by atoms with van der Waals surface area (Å²) in [7, 11) is 0. The summed E-state index contributed by atoms with van der Waals surface area (Å²) in [6.45, 7) is 6.11. The first-order chi connectivity index (χ1) is 6.27. The van der Waals surface area contributed by atoms with Gasteiger partial charge in [0.1, 0.15) is 0 Å². The molecule has 82 valence electrons. The van der Waals surface area contributed by atoms with E-state index < -0.39 is 0 Å². The molecule has 0 radical (unpaired) electrons. The summed E-state index contributed by atoms with van der Waals surface area (Å²) in [6.07, 6.45) is 4.44. The summed E-state index contributed by atoms with van der Waals surface area (Å²) >= 11 is 5.93. The second-order valence-corrected chi connectivity index (χ2v) is 3.70. The van der Waals surface area contributed by atoms with Crippen molar-refractivity contribution in [3.63, 3.8) is 0 Å². The van der Waals surface area contributed by atoms with Crippen LogP contribution >= 0.6 is 11.6 Å². The van der Waals surface area contributed by atoms with E-state index in [-0.39, 0.29) is 38.5 Å². The Labute approximate surface area is 123 Å². The van der Waals surface area contributed by atoms with E-state index >= 15 is 0 Å². The van der Waals surface area contributed by atoms with Gasteiger partial charge in [-0.3, -0.25) is 0 Å². The van der Waals surface area contributed by atoms with Crippen molar-refractivity contribution in [1.82, 2.24) is 0 Å². The molecule has 0 nitrogen and oxygen atoms in total. The molecule has 0 spiro atoms. The molecule has 0 unspecified atom stereocenters. The zero-order valence-electron chi connectivity index (χ0n) is 9.65. The predicted octanol–water partition coefficient (Wildman–Crippen LogP) is 4.51. The van der Waals surface area contributed by atoms with E-state index in [1.54, 1.807) is 0 Å². The van der Waals surface area contributed by atoms with Gasteiger partial charge in [-0.05, 0) is 30.5 Å². The van der Waals surface area contributed by atoms with Crippen LogP contribution in [0.5, 0.6) is 0 Å². The van der Waals surface area contributed by atoms with Gasteiger partial charge in [0.25, 0.3) is 0 Å². The Kier molecular flexibility index (Phi) is 11.7. The third-order valence-electron chi connectivity index (χ3n) is 2.24. The van der Waals surface area contributed by atoms with Crippen LogP contribution in [-0.4, -0.2) is 0 Å². The minimum absolute atomic E-state index is 0. The molecule has 0 aliphatic carbocycles. The van der Waals surface area contributed by atoms with Gasteiger partial charge in [0, 0.05) is 5.02 Å². The quantitative estimate of drug-likeness (QED) is 0.595. The van der Waals surface area contributed by atoms with Gasteiger partial charge in [-0.2, -0.15) is 6.42 Å². The van der Waals surface area contributed by atoms with Crippen molar-refractivity contribution in [2.24, 2.45) is 0 Å². The van der Waals surface area contributed by atoms with Crippen LogP contribution < -0.4 is 0 Å². The topological polar surface area (TPSA) is 0 Å². The molecule has 1 aromatic rings. The minimum Gasteiger partial charge on any atom is -0.358 e. The van der Waals surface area contributed by atoms with Gasteiger partial charge in [0.05, 0.1) is 0 Å². The fourth-order valence-electron chi connectivity index (χ4n) is 1.44. The number of unbranched alkanes of at least 4 members (excludes halogenated alkanes) is 1. The van der Waals surface area contributed by atoms with Gasteiger partial charge in [0.15, 0.2) is 0 Å².